The van der Waals surface area contributed by atoms with Gasteiger partial charge in [0.2, 0.25) is 0 Å². The summed E-state index contributed by atoms with van der Waals surface area (Å²) in [4.78, 5) is 0. The lowest BCUT2D eigenvalue weighted by atomic mass is 9.86. The van der Waals surface area contributed by atoms with E-state index >= 15 is 0 Å². The van der Waals surface area contributed by atoms with E-state index in [0.29, 0.717) is 0 Å². The summed E-state index contributed by atoms with van der Waals surface area (Å²) in [7, 11) is 0. The van der Waals surface area contributed by atoms with Crippen molar-refractivity contribution in [3.05, 3.63) is 42.0 Å². The molecule has 1 rings (SSSR count). The van der Waals surface area contributed by atoms with Gasteiger partial charge in [-0.15, -0.1) is 0 Å². The third-order valence-corrected chi connectivity index (χ3v) is 2.59. The molecular weight excluding hydrogens is 168 g/mol. The van der Waals surface area contributed by atoms with Crippen LogP contribution in [0.1, 0.15) is 45.2 Å². The van der Waals surface area contributed by atoms with Gasteiger partial charge >= 0.3 is 0 Å². The predicted molar refractivity (Wildman–Crippen MR) is 64.5 cm³/mol. The monoisotopic (exact) mass is 188 g/mol. The molecular formula is C14H20. The maximum Gasteiger partial charge on any atom is -0.0132 e. The first-order chi connectivity index (χ1) is 6.45. The average Bonchev–Trinajstić information content (AvgIpc) is 2.15. The molecule has 0 amide bonds. The summed E-state index contributed by atoms with van der Waals surface area (Å²) in [6.45, 7) is 12.9. The standard InChI is InChI=1S/C14H20/c1-6-11(2)12-7-9-13(10-8-12)14(3,4)5/h7-10H,2,6H2,1,3-5H3. The van der Waals surface area contributed by atoms with Crippen molar-refractivity contribution in [3.8, 4) is 0 Å². The van der Waals surface area contributed by atoms with Crippen molar-refractivity contribution in [2.75, 3.05) is 0 Å². The molecule has 0 aromatic heterocycles. The Labute approximate surface area is 87.7 Å². The van der Waals surface area contributed by atoms with Crippen LogP contribution >= 0.6 is 0 Å². The van der Waals surface area contributed by atoms with E-state index in [1.165, 1.54) is 16.7 Å². The van der Waals surface area contributed by atoms with Gasteiger partial charge in [0.1, 0.15) is 0 Å². The van der Waals surface area contributed by atoms with Crippen LogP contribution in [-0.4, -0.2) is 0 Å². The van der Waals surface area contributed by atoms with Gasteiger partial charge < -0.3 is 0 Å². The summed E-state index contributed by atoms with van der Waals surface area (Å²) in [6, 6.07) is 8.76. The second kappa shape index (κ2) is 4.00. The smallest absolute Gasteiger partial charge is 0.0132 e. The summed E-state index contributed by atoms with van der Waals surface area (Å²) in [5, 5.41) is 0. The van der Waals surface area contributed by atoms with E-state index in [0.717, 1.165) is 6.42 Å². The topological polar surface area (TPSA) is 0 Å². The van der Waals surface area contributed by atoms with E-state index in [1.54, 1.807) is 0 Å². The highest BCUT2D eigenvalue weighted by atomic mass is 14.2. The Kier molecular flexibility index (Phi) is 3.15. The number of hydrogen-bond acceptors (Lipinski definition) is 0. The zero-order valence-corrected chi connectivity index (χ0v) is 9.72. The highest BCUT2D eigenvalue weighted by Crippen LogP contribution is 2.24. The van der Waals surface area contributed by atoms with Crippen LogP contribution in [0.4, 0.5) is 0 Å². The summed E-state index contributed by atoms with van der Waals surface area (Å²) in [5.74, 6) is 0. The van der Waals surface area contributed by atoms with E-state index in [-0.39, 0.29) is 5.41 Å². The van der Waals surface area contributed by atoms with Crippen LogP contribution < -0.4 is 0 Å². The molecule has 0 unspecified atom stereocenters. The first-order valence-electron chi connectivity index (χ1n) is 5.24. The minimum atomic E-state index is 0.242. The maximum absolute atomic E-state index is 4.04. The Balaban J connectivity index is 2.95. The molecule has 0 N–H and O–H groups in total. The Morgan fingerprint density at radius 1 is 1.14 bits per heavy atom. The Bertz CT molecular complexity index is 309. The molecule has 0 bridgehead atoms. The van der Waals surface area contributed by atoms with Crippen molar-refractivity contribution in [2.24, 2.45) is 0 Å². The van der Waals surface area contributed by atoms with Crippen LogP contribution in [0.2, 0.25) is 0 Å². The normalized spacial score (nSPS) is 11.4. The number of rotatable bonds is 2. The van der Waals surface area contributed by atoms with E-state index in [1.807, 2.05) is 0 Å². The second-order valence-corrected chi connectivity index (χ2v) is 4.78. The lowest BCUT2D eigenvalue weighted by Crippen LogP contribution is -2.10. The molecule has 14 heavy (non-hydrogen) atoms. The molecule has 0 aliphatic heterocycles. The van der Waals surface area contributed by atoms with Crippen molar-refractivity contribution in [1.29, 1.82) is 0 Å². The van der Waals surface area contributed by atoms with Crippen LogP contribution in [0.15, 0.2) is 30.8 Å². The zero-order valence-electron chi connectivity index (χ0n) is 9.72. The molecule has 0 spiro atoms. The fraction of sp³-hybridized carbons (Fsp3) is 0.429. The van der Waals surface area contributed by atoms with Crippen LogP contribution in [0.5, 0.6) is 0 Å². The van der Waals surface area contributed by atoms with E-state index in [9.17, 15) is 0 Å². The predicted octanol–water partition coefficient (Wildman–Crippen LogP) is 4.41. The van der Waals surface area contributed by atoms with Crippen molar-refractivity contribution < 1.29 is 0 Å². The molecule has 0 saturated carbocycles. The lowest BCUT2D eigenvalue weighted by Gasteiger charge is -2.19. The van der Waals surface area contributed by atoms with Crippen LogP contribution in [0, 0.1) is 0 Å². The molecule has 0 saturated heterocycles. The third kappa shape index (κ3) is 2.47. The van der Waals surface area contributed by atoms with E-state index < -0.39 is 0 Å². The van der Waals surface area contributed by atoms with Gasteiger partial charge in [-0.2, -0.15) is 0 Å². The molecule has 0 aliphatic rings. The first kappa shape index (κ1) is 11.0. The number of hydrogen-bond donors (Lipinski definition) is 0. The largest absolute Gasteiger partial charge is 0.0952 e. The van der Waals surface area contributed by atoms with Gasteiger partial charge in [-0.05, 0) is 28.5 Å². The summed E-state index contributed by atoms with van der Waals surface area (Å²) < 4.78 is 0. The van der Waals surface area contributed by atoms with Gasteiger partial charge in [0.15, 0.2) is 0 Å². The molecule has 0 heteroatoms. The van der Waals surface area contributed by atoms with Crippen molar-refractivity contribution in [1.82, 2.24) is 0 Å². The van der Waals surface area contributed by atoms with Crippen LogP contribution in [0.25, 0.3) is 5.57 Å². The summed E-state index contributed by atoms with van der Waals surface area (Å²) in [5.41, 5.74) is 4.10. The Morgan fingerprint density at radius 3 is 2.00 bits per heavy atom. The molecule has 0 heterocycles. The molecule has 0 fully saturated rings. The second-order valence-electron chi connectivity index (χ2n) is 4.78. The molecule has 76 valence electrons. The third-order valence-electron chi connectivity index (χ3n) is 2.59. The molecule has 0 aliphatic carbocycles. The lowest BCUT2D eigenvalue weighted by molar-refractivity contribution is 0.590. The molecule has 1 aromatic carbocycles. The van der Waals surface area contributed by atoms with Gasteiger partial charge in [0.25, 0.3) is 0 Å². The fourth-order valence-corrected chi connectivity index (χ4v) is 1.41. The minimum absolute atomic E-state index is 0.242. The Morgan fingerprint density at radius 2 is 1.64 bits per heavy atom. The van der Waals surface area contributed by atoms with Crippen molar-refractivity contribution in [3.63, 3.8) is 0 Å². The molecule has 0 radical (unpaired) electrons. The van der Waals surface area contributed by atoms with Crippen molar-refractivity contribution >= 4 is 5.57 Å². The van der Waals surface area contributed by atoms with Crippen molar-refractivity contribution in [2.45, 2.75) is 39.5 Å². The number of benzene rings is 1. The van der Waals surface area contributed by atoms with Gasteiger partial charge in [0.05, 0.1) is 0 Å². The van der Waals surface area contributed by atoms with Gasteiger partial charge in [-0.25, -0.2) is 0 Å². The zero-order chi connectivity index (χ0) is 10.8. The minimum Gasteiger partial charge on any atom is -0.0952 e. The molecule has 0 nitrogen and oxygen atoms in total. The first-order valence-corrected chi connectivity index (χ1v) is 5.24. The van der Waals surface area contributed by atoms with Gasteiger partial charge in [-0.1, -0.05) is 58.5 Å². The summed E-state index contributed by atoms with van der Waals surface area (Å²) >= 11 is 0. The van der Waals surface area contributed by atoms with Gasteiger partial charge in [-0.3, -0.25) is 0 Å². The fourth-order valence-electron chi connectivity index (χ4n) is 1.41. The number of allylic oxidation sites excluding steroid dienone is 1. The van der Waals surface area contributed by atoms with E-state index in [2.05, 4.69) is 58.5 Å². The van der Waals surface area contributed by atoms with E-state index in [4.69, 9.17) is 0 Å². The van der Waals surface area contributed by atoms with Gasteiger partial charge in [0, 0.05) is 0 Å². The molecule has 1 aromatic rings. The van der Waals surface area contributed by atoms with Crippen LogP contribution in [-0.2, 0) is 5.41 Å². The Hall–Kier alpha value is -1.04. The highest BCUT2D eigenvalue weighted by Gasteiger charge is 2.12. The quantitative estimate of drug-likeness (QED) is 0.645. The SMILES string of the molecule is C=C(CC)c1ccc(C(C)(C)C)cc1. The maximum atomic E-state index is 4.04. The molecule has 0 atom stereocenters. The highest BCUT2D eigenvalue weighted by molar-refractivity contribution is 5.63. The average molecular weight is 188 g/mol. The summed E-state index contributed by atoms with van der Waals surface area (Å²) in [6.07, 6.45) is 1.02. The van der Waals surface area contributed by atoms with Crippen LogP contribution in [0.3, 0.4) is 0 Å².